The third-order valence-corrected chi connectivity index (χ3v) is 3.46. The van der Waals surface area contributed by atoms with E-state index in [1.165, 1.54) is 12.6 Å². The number of hydrogen-bond acceptors (Lipinski definition) is 5. The lowest BCUT2D eigenvalue weighted by Crippen LogP contribution is -2.26. The molecular weight excluding hydrogens is 246 g/mol. The first-order chi connectivity index (χ1) is 9.15. The van der Waals surface area contributed by atoms with E-state index >= 15 is 0 Å². The molecule has 0 saturated heterocycles. The Balaban J connectivity index is 2.16. The maximum absolute atomic E-state index is 12.3. The molecule has 1 aromatic rings. The number of nitrogens with zero attached hydrogens (tertiary/aromatic N) is 2. The van der Waals surface area contributed by atoms with E-state index in [1.807, 2.05) is 0 Å². The summed E-state index contributed by atoms with van der Waals surface area (Å²) in [5.41, 5.74) is 5.98. The highest BCUT2D eigenvalue weighted by Gasteiger charge is 2.26. The van der Waals surface area contributed by atoms with Gasteiger partial charge in [0.1, 0.15) is 11.4 Å². The first-order valence-corrected chi connectivity index (χ1v) is 6.70. The number of aromatic nitrogens is 2. The topological polar surface area (TPSA) is 87.2 Å². The number of carbonyl (C=O) groups is 2. The van der Waals surface area contributed by atoms with Gasteiger partial charge < -0.3 is 10.5 Å². The van der Waals surface area contributed by atoms with Gasteiger partial charge in [0.25, 0.3) is 5.91 Å². The van der Waals surface area contributed by atoms with Crippen molar-refractivity contribution in [3.05, 3.63) is 11.8 Å². The van der Waals surface area contributed by atoms with Crippen molar-refractivity contribution in [2.24, 2.45) is 5.92 Å². The van der Waals surface area contributed by atoms with E-state index in [2.05, 4.69) is 5.10 Å². The molecule has 2 N–H and O–H groups in total. The number of carbonyl (C=O) groups excluding carboxylic acids is 2. The fourth-order valence-corrected chi connectivity index (χ4v) is 2.42. The van der Waals surface area contributed by atoms with Crippen LogP contribution in [0.25, 0.3) is 0 Å². The van der Waals surface area contributed by atoms with Crippen LogP contribution >= 0.6 is 0 Å². The standard InChI is InChI=1S/C13H19N3O3/c1-2-19-13(18)10-8-15-16(11(10)14)12(17)9-6-4-3-5-7-9/h8-9H,2-7,14H2,1H3. The molecule has 0 aliphatic heterocycles. The van der Waals surface area contributed by atoms with Crippen molar-refractivity contribution in [2.45, 2.75) is 39.0 Å². The monoisotopic (exact) mass is 265 g/mol. The molecule has 6 nitrogen and oxygen atoms in total. The molecule has 1 aliphatic rings. The highest BCUT2D eigenvalue weighted by atomic mass is 16.5. The zero-order chi connectivity index (χ0) is 13.8. The van der Waals surface area contributed by atoms with E-state index in [-0.39, 0.29) is 29.8 Å². The van der Waals surface area contributed by atoms with E-state index < -0.39 is 5.97 Å². The summed E-state index contributed by atoms with van der Waals surface area (Å²) in [5, 5.41) is 3.94. The van der Waals surface area contributed by atoms with Gasteiger partial charge in [0.15, 0.2) is 0 Å². The number of nitrogen functional groups attached to an aromatic ring is 1. The molecule has 0 bridgehead atoms. The van der Waals surface area contributed by atoms with Crippen molar-refractivity contribution >= 4 is 17.7 Å². The Hall–Kier alpha value is -1.85. The molecule has 0 spiro atoms. The van der Waals surface area contributed by atoms with Crippen LogP contribution in [0.4, 0.5) is 5.82 Å². The number of ether oxygens (including phenoxy) is 1. The van der Waals surface area contributed by atoms with Gasteiger partial charge >= 0.3 is 5.97 Å². The van der Waals surface area contributed by atoms with Crippen molar-refractivity contribution in [1.82, 2.24) is 9.78 Å². The molecule has 1 fully saturated rings. The quantitative estimate of drug-likeness (QED) is 0.843. The molecular formula is C13H19N3O3. The second-order valence-electron chi connectivity index (χ2n) is 4.75. The van der Waals surface area contributed by atoms with Crippen molar-refractivity contribution < 1.29 is 14.3 Å². The lowest BCUT2D eigenvalue weighted by Gasteiger charge is -2.20. The van der Waals surface area contributed by atoms with Crippen LogP contribution in [0.2, 0.25) is 0 Å². The molecule has 1 heterocycles. The van der Waals surface area contributed by atoms with Gasteiger partial charge in [-0.3, -0.25) is 4.79 Å². The van der Waals surface area contributed by atoms with E-state index in [9.17, 15) is 9.59 Å². The Kier molecular flexibility index (Phi) is 4.19. The van der Waals surface area contributed by atoms with E-state index in [0.29, 0.717) is 0 Å². The van der Waals surface area contributed by atoms with Crippen LogP contribution in [0.1, 0.15) is 54.2 Å². The minimum absolute atomic E-state index is 0.0361. The van der Waals surface area contributed by atoms with Gasteiger partial charge in [-0.1, -0.05) is 19.3 Å². The minimum Gasteiger partial charge on any atom is -0.462 e. The Morgan fingerprint density at radius 3 is 2.74 bits per heavy atom. The SMILES string of the molecule is CCOC(=O)c1cnn(C(=O)C2CCCCC2)c1N. The molecule has 6 heteroatoms. The summed E-state index contributed by atoms with van der Waals surface area (Å²) in [7, 11) is 0. The Morgan fingerprint density at radius 2 is 2.11 bits per heavy atom. The van der Waals surface area contributed by atoms with Crippen LogP contribution in [0.3, 0.4) is 0 Å². The van der Waals surface area contributed by atoms with Gasteiger partial charge in [-0.25, -0.2) is 4.79 Å². The Morgan fingerprint density at radius 1 is 1.42 bits per heavy atom. The molecule has 19 heavy (non-hydrogen) atoms. The third kappa shape index (κ3) is 2.77. The lowest BCUT2D eigenvalue weighted by atomic mass is 9.89. The van der Waals surface area contributed by atoms with Crippen molar-refractivity contribution in [1.29, 1.82) is 0 Å². The predicted octanol–water partition coefficient (Wildman–Crippen LogP) is 1.86. The second-order valence-corrected chi connectivity index (χ2v) is 4.75. The predicted molar refractivity (Wildman–Crippen MR) is 69.8 cm³/mol. The van der Waals surface area contributed by atoms with Crippen LogP contribution < -0.4 is 5.73 Å². The summed E-state index contributed by atoms with van der Waals surface area (Å²) >= 11 is 0. The minimum atomic E-state index is -0.539. The van der Waals surface area contributed by atoms with Gasteiger partial charge in [-0.05, 0) is 19.8 Å². The van der Waals surface area contributed by atoms with Gasteiger partial charge in [0, 0.05) is 5.92 Å². The fraction of sp³-hybridized carbons (Fsp3) is 0.615. The first-order valence-electron chi connectivity index (χ1n) is 6.70. The van der Waals surface area contributed by atoms with Crippen LogP contribution in [-0.4, -0.2) is 28.3 Å². The van der Waals surface area contributed by atoms with Gasteiger partial charge in [-0.2, -0.15) is 9.78 Å². The summed E-state index contributed by atoms with van der Waals surface area (Å²) in [6.07, 6.45) is 6.32. The average molecular weight is 265 g/mol. The largest absolute Gasteiger partial charge is 0.462 e. The highest BCUT2D eigenvalue weighted by molar-refractivity contribution is 5.96. The molecule has 1 saturated carbocycles. The molecule has 104 valence electrons. The summed E-state index contributed by atoms with van der Waals surface area (Å²) in [6, 6.07) is 0. The molecule has 2 rings (SSSR count). The number of hydrogen-bond donors (Lipinski definition) is 1. The van der Waals surface area contributed by atoms with Gasteiger partial charge in [-0.15, -0.1) is 0 Å². The molecule has 0 aromatic carbocycles. The van der Waals surface area contributed by atoms with Crippen molar-refractivity contribution in [2.75, 3.05) is 12.3 Å². The van der Waals surface area contributed by atoms with Crippen LogP contribution in [0, 0.1) is 5.92 Å². The van der Waals surface area contributed by atoms with E-state index in [4.69, 9.17) is 10.5 Å². The van der Waals surface area contributed by atoms with Crippen LogP contribution in [0.5, 0.6) is 0 Å². The van der Waals surface area contributed by atoms with Crippen molar-refractivity contribution in [3.8, 4) is 0 Å². The lowest BCUT2D eigenvalue weighted by molar-refractivity contribution is 0.0527. The fourth-order valence-electron chi connectivity index (χ4n) is 2.42. The van der Waals surface area contributed by atoms with Crippen LogP contribution in [0.15, 0.2) is 6.20 Å². The zero-order valence-corrected chi connectivity index (χ0v) is 11.1. The molecule has 0 amide bonds. The number of esters is 1. The number of anilines is 1. The maximum atomic E-state index is 12.3. The number of rotatable bonds is 3. The van der Waals surface area contributed by atoms with E-state index in [0.717, 1.165) is 30.4 Å². The van der Waals surface area contributed by atoms with Crippen molar-refractivity contribution in [3.63, 3.8) is 0 Å². The Labute approximate surface area is 111 Å². The normalized spacial score (nSPS) is 16.3. The Bertz CT molecular complexity index is 475. The third-order valence-electron chi connectivity index (χ3n) is 3.46. The average Bonchev–Trinajstić information content (AvgIpc) is 2.81. The summed E-state index contributed by atoms with van der Waals surface area (Å²) in [5.74, 6) is -0.615. The maximum Gasteiger partial charge on any atom is 0.343 e. The zero-order valence-electron chi connectivity index (χ0n) is 11.1. The molecule has 0 radical (unpaired) electrons. The molecule has 1 aromatic heterocycles. The summed E-state index contributed by atoms with van der Waals surface area (Å²) in [6.45, 7) is 1.98. The summed E-state index contributed by atoms with van der Waals surface area (Å²) < 4.78 is 6.00. The van der Waals surface area contributed by atoms with Gasteiger partial charge in [0.2, 0.25) is 0 Å². The number of nitrogens with two attached hydrogens (primary N) is 1. The molecule has 0 atom stereocenters. The molecule has 0 unspecified atom stereocenters. The smallest absolute Gasteiger partial charge is 0.343 e. The second kappa shape index (κ2) is 5.86. The van der Waals surface area contributed by atoms with Crippen LogP contribution in [-0.2, 0) is 4.74 Å². The first kappa shape index (κ1) is 13.6. The summed E-state index contributed by atoms with van der Waals surface area (Å²) in [4.78, 5) is 23.9. The van der Waals surface area contributed by atoms with E-state index in [1.54, 1.807) is 6.92 Å². The van der Waals surface area contributed by atoms with Gasteiger partial charge in [0.05, 0.1) is 12.8 Å². The molecule has 1 aliphatic carbocycles. The highest BCUT2D eigenvalue weighted by Crippen LogP contribution is 2.26.